The number of phenolic OH excluding ortho intramolecular Hbond substituents is 1. The molecule has 0 saturated heterocycles. The largest absolute Gasteiger partial charge is 0.506 e. The number of carbonyl (C=O) groups excluding carboxylic acids is 1. The number of hydrazone groups is 1. The van der Waals surface area contributed by atoms with E-state index in [2.05, 4.69) is 10.5 Å². The van der Waals surface area contributed by atoms with Gasteiger partial charge in [0.15, 0.2) is 0 Å². The first-order chi connectivity index (χ1) is 10.6. The summed E-state index contributed by atoms with van der Waals surface area (Å²) < 4.78 is 0. The maximum Gasteiger partial charge on any atom is 0.271 e. The summed E-state index contributed by atoms with van der Waals surface area (Å²) in [5.74, 6) is -0.361. The lowest BCUT2D eigenvalue weighted by Gasteiger charge is -2.08. The molecule has 0 bridgehead atoms. The Balaban J connectivity index is 1.89. The van der Waals surface area contributed by atoms with Gasteiger partial charge < -0.3 is 5.11 Å². The van der Waals surface area contributed by atoms with Crippen LogP contribution < -0.4 is 5.43 Å². The molecule has 0 aromatic heterocycles. The van der Waals surface area contributed by atoms with Gasteiger partial charge in [0, 0.05) is 16.1 Å². The van der Waals surface area contributed by atoms with Gasteiger partial charge in [0.1, 0.15) is 5.75 Å². The average molecular weight is 335 g/mol. The third-order valence-corrected chi connectivity index (χ3v) is 4.16. The van der Waals surface area contributed by atoms with Crippen LogP contribution in [0.25, 0.3) is 0 Å². The molecule has 1 amide bonds. The van der Waals surface area contributed by atoms with Crippen LogP contribution in [0.4, 0.5) is 0 Å². The highest BCUT2D eigenvalue weighted by Gasteiger charge is 2.26. The van der Waals surface area contributed by atoms with Crippen LogP contribution in [-0.4, -0.2) is 16.7 Å². The predicted octanol–water partition coefficient (Wildman–Crippen LogP) is 3.78. The molecule has 0 heterocycles. The van der Waals surface area contributed by atoms with Crippen molar-refractivity contribution < 1.29 is 9.90 Å². The van der Waals surface area contributed by atoms with Gasteiger partial charge in [-0.25, -0.2) is 5.43 Å². The minimum Gasteiger partial charge on any atom is -0.506 e. The number of hydrogen-bond acceptors (Lipinski definition) is 3. The van der Waals surface area contributed by atoms with E-state index in [1.54, 1.807) is 24.3 Å². The number of nitrogens with zero attached hydrogens (tertiary/aromatic N) is 1. The molecule has 0 saturated carbocycles. The molecule has 0 spiro atoms. The maximum absolute atomic E-state index is 12.0. The molecule has 3 rings (SSSR count). The molecule has 0 fully saturated rings. The van der Waals surface area contributed by atoms with Crippen molar-refractivity contribution in [2.24, 2.45) is 5.10 Å². The van der Waals surface area contributed by atoms with Crippen LogP contribution in [0.5, 0.6) is 5.75 Å². The van der Waals surface area contributed by atoms with E-state index in [1.165, 1.54) is 6.07 Å². The summed E-state index contributed by atoms with van der Waals surface area (Å²) in [5, 5.41) is 14.9. The minimum atomic E-state index is -0.311. The topological polar surface area (TPSA) is 61.7 Å². The third kappa shape index (κ3) is 2.67. The van der Waals surface area contributed by atoms with Gasteiger partial charge >= 0.3 is 0 Å². The van der Waals surface area contributed by atoms with E-state index >= 15 is 0 Å². The number of amides is 1. The van der Waals surface area contributed by atoms with Crippen molar-refractivity contribution in [3.05, 3.63) is 63.1 Å². The van der Waals surface area contributed by atoms with Crippen molar-refractivity contribution in [1.29, 1.82) is 0 Å². The van der Waals surface area contributed by atoms with Crippen LogP contribution in [0.15, 0.2) is 41.5 Å². The number of phenols is 1. The zero-order valence-corrected chi connectivity index (χ0v) is 12.9. The molecular weight excluding hydrogens is 323 g/mol. The fourth-order valence-corrected chi connectivity index (χ4v) is 3.01. The number of benzene rings is 2. The average Bonchev–Trinajstić information content (AvgIpc) is 2.96. The summed E-state index contributed by atoms with van der Waals surface area (Å²) in [6.45, 7) is 0. The van der Waals surface area contributed by atoms with Crippen molar-refractivity contribution in [3.8, 4) is 5.75 Å². The second-order valence-electron chi connectivity index (χ2n) is 4.91. The van der Waals surface area contributed by atoms with Gasteiger partial charge in [0.05, 0.1) is 10.7 Å². The van der Waals surface area contributed by atoms with E-state index in [0.717, 1.165) is 5.56 Å². The van der Waals surface area contributed by atoms with Crippen molar-refractivity contribution in [1.82, 2.24) is 5.43 Å². The molecule has 1 aliphatic carbocycles. The Kier molecular flexibility index (Phi) is 4.05. The van der Waals surface area contributed by atoms with E-state index in [0.29, 0.717) is 34.7 Å². The first-order valence-electron chi connectivity index (χ1n) is 6.70. The lowest BCUT2D eigenvalue weighted by Crippen LogP contribution is -2.19. The van der Waals surface area contributed by atoms with E-state index < -0.39 is 0 Å². The molecule has 0 radical (unpaired) electrons. The lowest BCUT2D eigenvalue weighted by molar-refractivity contribution is 0.0955. The van der Waals surface area contributed by atoms with Crippen molar-refractivity contribution in [2.45, 2.75) is 12.8 Å². The monoisotopic (exact) mass is 334 g/mol. The van der Waals surface area contributed by atoms with Crippen LogP contribution in [0.2, 0.25) is 10.0 Å². The number of rotatable bonds is 2. The fourth-order valence-electron chi connectivity index (χ4n) is 2.46. The Morgan fingerprint density at radius 1 is 1.14 bits per heavy atom. The lowest BCUT2D eigenvalue weighted by atomic mass is 10.1. The second-order valence-corrected chi connectivity index (χ2v) is 5.72. The van der Waals surface area contributed by atoms with E-state index in [-0.39, 0.29) is 16.7 Å². The number of halogens is 2. The molecule has 0 atom stereocenters. The number of aromatic hydroxyl groups is 1. The quantitative estimate of drug-likeness (QED) is 0.821. The van der Waals surface area contributed by atoms with E-state index in [4.69, 9.17) is 23.2 Å². The van der Waals surface area contributed by atoms with Crippen LogP contribution in [0.3, 0.4) is 0 Å². The highest BCUT2D eigenvalue weighted by atomic mass is 35.5. The Hall–Kier alpha value is -2.04. The number of fused-ring (bicyclic) bond motifs is 1. The van der Waals surface area contributed by atoms with Gasteiger partial charge in [-0.05, 0) is 36.6 Å². The van der Waals surface area contributed by atoms with E-state index in [9.17, 15) is 9.90 Å². The second kappa shape index (κ2) is 5.99. The van der Waals surface area contributed by atoms with Gasteiger partial charge in [-0.15, -0.1) is 0 Å². The molecule has 0 unspecified atom stereocenters. The standard InChI is InChI=1S/C16H12Cl2N2O2/c17-11-8-12(18)15(21)14-10(11)6-7-13(14)19-20-16(22)9-4-2-1-3-5-9/h1-5,8,21H,6-7H2,(H,20,22). The Bertz CT molecular complexity index is 773. The van der Waals surface area contributed by atoms with Crippen molar-refractivity contribution in [2.75, 3.05) is 0 Å². The Morgan fingerprint density at radius 2 is 1.86 bits per heavy atom. The molecule has 2 aromatic carbocycles. The molecule has 0 aliphatic heterocycles. The van der Waals surface area contributed by atoms with Gasteiger partial charge in [-0.1, -0.05) is 41.4 Å². The first-order valence-corrected chi connectivity index (χ1v) is 7.45. The number of carbonyl (C=O) groups is 1. The first kappa shape index (κ1) is 14.9. The fraction of sp³-hybridized carbons (Fsp3) is 0.125. The SMILES string of the molecule is O=C(NN=C1CCc2c(Cl)cc(Cl)c(O)c21)c1ccccc1. The van der Waals surface area contributed by atoms with Crippen LogP contribution >= 0.6 is 23.2 Å². The highest BCUT2D eigenvalue weighted by Crippen LogP contribution is 2.40. The Morgan fingerprint density at radius 3 is 2.59 bits per heavy atom. The zero-order valence-electron chi connectivity index (χ0n) is 11.4. The number of nitrogens with one attached hydrogen (secondary N) is 1. The molecule has 6 heteroatoms. The maximum atomic E-state index is 12.0. The molecule has 1 aliphatic rings. The van der Waals surface area contributed by atoms with Crippen molar-refractivity contribution in [3.63, 3.8) is 0 Å². The van der Waals surface area contributed by atoms with Gasteiger partial charge in [0.2, 0.25) is 0 Å². The van der Waals surface area contributed by atoms with Crippen LogP contribution in [0.1, 0.15) is 27.9 Å². The normalized spacial score (nSPS) is 14.9. The molecule has 2 N–H and O–H groups in total. The van der Waals surface area contributed by atoms with Crippen LogP contribution in [0, 0.1) is 0 Å². The van der Waals surface area contributed by atoms with Gasteiger partial charge in [-0.3, -0.25) is 4.79 Å². The van der Waals surface area contributed by atoms with E-state index in [1.807, 2.05) is 6.07 Å². The molecule has 2 aromatic rings. The minimum absolute atomic E-state index is 0.0497. The van der Waals surface area contributed by atoms with Gasteiger partial charge in [-0.2, -0.15) is 5.10 Å². The van der Waals surface area contributed by atoms with Crippen LogP contribution in [-0.2, 0) is 6.42 Å². The number of hydrogen-bond donors (Lipinski definition) is 2. The summed E-state index contributed by atoms with van der Waals surface area (Å²) in [6, 6.07) is 10.3. The molecule has 112 valence electrons. The Labute approximate surface area is 137 Å². The summed E-state index contributed by atoms with van der Waals surface area (Å²) in [4.78, 5) is 12.0. The highest BCUT2D eigenvalue weighted by molar-refractivity contribution is 6.37. The summed E-state index contributed by atoms with van der Waals surface area (Å²) in [7, 11) is 0. The predicted molar refractivity (Wildman–Crippen MR) is 86.9 cm³/mol. The zero-order chi connectivity index (χ0) is 15.7. The summed E-state index contributed by atoms with van der Waals surface area (Å²) in [6.07, 6.45) is 1.23. The third-order valence-electron chi connectivity index (χ3n) is 3.54. The summed E-state index contributed by atoms with van der Waals surface area (Å²) in [5.41, 5.74) is 4.90. The summed E-state index contributed by atoms with van der Waals surface area (Å²) >= 11 is 12.1. The smallest absolute Gasteiger partial charge is 0.271 e. The molecular formula is C16H12Cl2N2O2. The molecule has 22 heavy (non-hydrogen) atoms. The van der Waals surface area contributed by atoms with Gasteiger partial charge in [0.25, 0.3) is 5.91 Å². The van der Waals surface area contributed by atoms with Crippen molar-refractivity contribution >= 4 is 34.8 Å². The molecule has 4 nitrogen and oxygen atoms in total.